The molecule has 1 amide bonds. The molecule has 3 rings (SSSR count). The fraction of sp³-hybridized carbons (Fsp3) is 0.375. The van der Waals surface area contributed by atoms with Crippen LogP contribution >= 0.6 is 11.3 Å². The minimum Gasteiger partial charge on any atom is -0.471 e. The molecule has 2 atom stereocenters. The lowest BCUT2D eigenvalue weighted by Gasteiger charge is -2.45. The van der Waals surface area contributed by atoms with E-state index in [0.717, 1.165) is 18.0 Å². The van der Waals surface area contributed by atoms with Gasteiger partial charge in [-0.2, -0.15) is 5.26 Å². The van der Waals surface area contributed by atoms with Crippen molar-refractivity contribution in [2.45, 2.75) is 32.5 Å². The number of hydrogen-bond donors (Lipinski definition) is 1. The van der Waals surface area contributed by atoms with E-state index < -0.39 is 0 Å². The number of rotatable bonds is 5. The second kappa shape index (κ2) is 6.95. The van der Waals surface area contributed by atoms with Crippen LogP contribution < -0.4 is 10.1 Å². The van der Waals surface area contributed by atoms with E-state index in [1.807, 2.05) is 6.07 Å². The minimum absolute atomic E-state index is 0.0770. The Labute approximate surface area is 143 Å². The minimum atomic E-state index is -0.114. The molecule has 2 unspecified atom stereocenters. The maximum absolute atomic E-state index is 11.0. The average Bonchev–Trinajstić information content (AvgIpc) is 3.00. The van der Waals surface area contributed by atoms with Gasteiger partial charge in [0.2, 0.25) is 11.8 Å². The number of nitrogens with zero attached hydrogens (tertiary/aromatic N) is 4. The molecule has 1 aliphatic rings. The Hall–Kier alpha value is -2.50. The predicted molar refractivity (Wildman–Crippen MR) is 89.7 cm³/mol. The summed E-state index contributed by atoms with van der Waals surface area (Å²) in [6.45, 7) is 5.15. The van der Waals surface area contributed by atoms with Gasteiger partial charge < -0.3 is 10.1 Å². The number of hydrogen-bond acceptors (Lipinski definition) is 7. The SMILES string of the molecule is CC(=O)Nc1ncc(CN2CC(Oc3ccc(C#N)cn3)C2C)s1. The molecule has 7 nitrogen and oxygen atoms in total. The summed E-state index contributed by atoms with van der Waals surface area (Å²) in [5.41, 5.74) is 0.519. The maximum atomic E-state index is 11.0. The van der Waals surface area contributed by atoms with E-state index >= 15 is 0 Å². The molecule has 0 aliphatic carbocycles. The van der Waals surface area contributed by atoms with Crippen molar-refractivity contribution in [1.82, 2.24) is 14.9 Å². The molecule has 1 saturated heterocycles. The first-order valence-electron chi connectivity index (χ1n) is 7.54. The molecule has 24 heavy (non-hydrogen) atoms. The number of thiazole rings is 1. The summed E-state index contributed by atoms with van der Waals surface area (Å²) in [6.07, 6.45) is 3.38. The molecule has 3 heterocycles. The van der Waals surface area contributed by atoms with Crippen molar-refractivity contribution >= 4 is 22.4 Å². The number of carbonyl (C=O) groups excluding carboxylic acids is 1. The summed E-state index contributed by atoms with van der Waals surface area (Å²) >= 11 is 1.48. The van der Waals surface area contributed by atoms with Crippen molar-refractivity contribution in [3.63, 3.8) is 0 Å². The highest BCUT2D eigenvalue weighted by Crippen LogP contribution is 2.27. The Morgan fingerprint density at radius 2 is 2.33 bits per heavy atom. The zero-order valence-corrected chi connectivity index (χ0v) is 14.2. The van der Waals surface area contributed by atoms with Gasteiger partial charge in [0.25, 0.3) is 0 Å². The first kappa shape index (κ1) is 16.4. The van der Waals surface area contributed by atoms with Gasteiger partial charge in [0.05, 0.1) is 5.56 Å². The maximum Gasteiger partial charge on any atom is 0.223 e. The smallest absolute Gasteiger partial charge is 0.223 e. The monoisotopic (exact) mass is 343 g/mol. The lowest BCUT2D eigenvalue weighted by Crippen LogP contribution is -2.60. The Kier molecular flexibility index (Phi) is 4.74. The molecule has 0 saturated carbocycles. The van der Waals surface area contributed by atoms with E-state index in [1.165, 1.54) is 24.5 Å². The Balaban J connectivity index is 1.51. The van der Waals surface area contributed by atoms with Gasteiger partial charge in [-0.05, 0) is 13.0 Å². The zero-order chi connectivity index (χ0) is 17.1. The van der Waals surface area contributed by atoms with Crippen LogP contribution in [0.4, 0.5) is 5.13 Å². The summed E-state index contributed by atoms with van der Waals surface area (Å²) in [7, 11) is 0. The van der Waals surface area contributed by atoms with Crippen molar-refractivity contribution in [3.8, 4) is 11.9 Å². The van der Waals surface area contributed by atoms with Gasteiger partial charge in [-0.3, -0.25) is 9.69 Å². The molecule has 8 heteroatoms. The van der Waals surface area contributed by atoms with Gasteiger partial charge >= 0.3 is 0 Å². The third-order valence-corrected chi connectivity index (χ3v) is 4.76. The molecule has 1 fully saturated rings. The molecule has 2 aromatic rings. The summed E-state index contributed by atoms with van der Waals surface area (Å²) < 4.78 is 5.86. The Bertz CT molecular complexity index is 768. The number of pyridine rings is 1. The van der Waals surface area contributed by atoms with Crippen molar-refractivity contribution in [2.24, 2.45) is 0 Å². The van der Waals surface area contributed by atoms with Crippen LogP contribution in [0, 0.1) is 11.3 Å². The summed E-state index contributed by atoms with van der Waals surface area (Å²) in [4.78, 5) is 22.7. The summed E-state index contributed by atoms with van der Waals surface area (Å²) in [5, 5.41) is 12.1. The highest BCUT2D eigenvalue weighted by molar-refractivity contribution is 7.15. The molecule has 1 aliphatic heterocycles. The summed E-state index contributed by atoms with van der Waals surface area (Å²) in [5.74, 6) is 0.424. The second-order valence-electron chi connectivity index (χ2n) is 5.64. The third kappa shape index (κ3) is 3.69. The van der Waals surface area contributed by atoms with Crippen LogP contribution in [0.15, 0.2) is 24.5 Å². The molecule has 2 aromatic heterocycles. The normalized spacial score (nSPS) is 20.0. The third-order valence-electron chi connectivity index (χ3n) is 3.86. The highest BCUT2D eigenvalue weighted by Gasteiger charge is 2.37. The standard InChI is InChI=1S/C16H17N5O2S/c1-10-14(23-15-4-3-12(5-17)6-18-15)9-21(10)8-13-7-19-16(24-13)20-11(2)22/h3-4,6-7,10,14H,8-9H2,1-2H3,(H,19,20,22). The van der Waals surface area contributed by atoms with E-state index in [0.29, 0.717) is 16.6 Å². The topological polar surface area (TPSA) is 91.1 Å². The van der Waals surface area contributed by atoms with E-state index in [2.05, 4.69) is 27.1 Å². The fourth-order valence-corrected chi connectivity index (χ4v) is 3.34. The largest absolute Gasteiger partial charge is 0.471 e. The summed E-state index contributed by atoms with van der Waals surface area (Å²) in [6, 6.07) is 5.71. The number of anilines is 1. The van der Waals surface area contributed by atoms with E-state index in [4.69, 9.17) is 10.00 Å². The van der Waals surface area contributed by atoms with E-state index in [9.17, 15) is 4.79 Å². The quantitative estimate of drug-likeness (QED) is 0.893. The molecule has 124 valence electrons. The molecular formula is C16H17N5O2S. The molecule has 0 aromatic carbocycles. The van der Waals surface area contributed by atoms with Gasteiger partial charge in [0.1, 0.15) is 12.2 Å². The molecule has 0 bridgehead atoms. The predicted octanol–water partition coefficient (Wildman–Crippen LogP) is 2.02. The van der Waals surface area contributed by atoms with Gasteiger partial charge in [-0.25, -0.2) is 9.97 Å². The number of likely N-dealkylation sites (tertiary alicyclic amines) is 1. The van der Waals surface area contributed by atoms with E-state index in [1.54, 1.807) is 18.3 Å². The second-order valence-corrected chi connectivity index (χ2v) is 6.75. The van der Waals surface area contributed by atoms with Crippen LogP contribution in [0.5, 0.6) is 5.88 Å². The van der Waals surface area contributed by atoms with Crippen LogP contribution in [0.3, 0.4) is 0 Å². The molecule has 0 spiro atoms. The van der Waals surface area contributed by atoms with Crippen LogP contribution in [-0.4, -0.2) is 39.5 Å². The van der Waals surface area contributed by atoms with Crippen LogP contribution in [0.2, 0.25) is 0 Å². The van der Waals surface area contributed by atoms with Gasteiger partial charge in [0.15, 0.2) is 5.13 Å². The fourth-order valence-electron chi connectivity index (χ4n) is 2.45. The lowest BCUT2D eigenvalue weighted by molar-refractivity contribution is -0.114. The van der Waals surface area contributed by atoms with Gasteiger partial charge in [-0.15, -0.1) is 11.3 Å². The van der Waals surface area contributed by atoms with Crippen LogP contribution in [0.25, 0.3) is 0 Å². The van der Waals surface area contributed by atoms with Crippen molar-refractivity contribution in [2.75, 3.05) is 11.9 Å². The highest BCUT2D eigenvalue weighted by atomic mass is 32.1. The number of nitriles is 1. The lowest BCUT2D eigenvalue weighted by atomic mass is 10.0. The molecular weight excluding hydrogens is 326 g/mol. The number of ether oxygens (including phenoxy) is 1. The van der Waals surface area contributed by atoms with Gasteiger partial charge in [-0.1, -0.05) is 0 Å². The van der Waals surface area contributed by atoms with Gasteiger partial charge in [0, 0.05) is 49.4 Å². The van der Waals surface area contributed by atoms with Crippen molar-refractivity contribution < 1.29 is 9.53 Å². The van der Waals surface area contributed by atoms with Crippen LogP contribution in [-0.2, 0) is 11.3 Å². The first-order valence-corrected chi connectivity index (χ1v) is 8.36. The van der Waals surface area contributed by atoms with Crippen molar-refractivity contribution in [1.29, 1.82) is 5.26 Å². The number of carbonyl (C=O) groups is 1. The number of aromatic nitrogens is 2. The molecule has 1 N–H and O–H groups in total. The molecule has 0 radical (unpaired) electrons. The van der Waals surface area contributed by atoms with Crippen LogP contribution in [0.1, 0.15) is 24.3 Å². The number of nitrogens with one attached hydrogen (secondary N) is 1. The average molecular weight is 343 g/mol. The first-order chi connectivity index (χ1) is 11.5. The zero-order valence-electron chi connectivity index (χ0n) is 13.4. The van der Waals surface area contributed by atoms with E-state index in [-0.39, 0.29) is 18.1 Å². The van der Waals surface area contributed by atoms with Crippen molar-refractivity contribution in [3.05, 3.63) is 35.0 Å². The Morgan fingerprint density at radius 3 is 2.96 bits per heavy atom. The number of amides is 1. The Morgan fingerprint density at radius 1 is 1.50 bits per heavy atom.